The normalized spacial score (nSPS) is 16.1. The van der Waals surface area contributed by atoms with E-state index >= 15 is 0 Å². The number of rotatable bonds is 9. The van der Waals surface area contributed by atoms with Crippen molar-refractivity contribution in [1.29, 1.82) is 0 Å². The molecule has 4 N–H and O–H groups in total. The van der Waals surface area contributed by atoms with Crippen molar-refractivity contribution in [2.24, 2.45) is 10.7 Å². The number of para-hydroxylation sites is 1. The molecule has 0 aromatic heterocycles. The van der Waals surface area contributed by atoms with Gasteiger partial charge in [-0.25, -0.2) is 0 Å². The quantitative estimate of drug-likeness (QED) is 0.175. The van der Waals surface area contributed by atoms with Crippen LogP contribution in [0.2, 0.25) is 0 Å². The van der Waals surface area contributed by atoms with Gasteiger partial charge in [-0.15, -0.1) is 0 Å². The Morgan fingerprint density at radius 2 is 1.92 bits per heavy atom. The summed E-state index contributed by atoms with van der Waals surface area (Å²) in [6, 6.07) is 15.5. The van der Waals surface area contributed by atoms with E-state index < -0.39 is 11.5 Å². The van der Waals surface area contributed by atoms with E-state index in [4.69, 9.17) is 26.2 Å². The maximum atomic E-state index is 10.5. The van der Waals surface area contributed by atoms with Gasteiger partial charge in [0.05, 0.1) is 12.3 Å². The molecule has 1 atom stereocenters. The smallest absolute Gasteiger partial charge is 0.122 e. The molecular weight excluding hydrogens is 480 g/mol. The van der Waals surface area contributed by atoms with E-state index in [-0.39, 0.29) is 14.0 Å². The highest BCUT2D eigenvalue weighted by molar-refractivity contribution is 7.79. The van der Waals surface area contributed by atoms with E-state index in [0.717, 1.165) is 46.6 Å². The maximum absolute atomic E-state index is 10.5. The Labute approximate surface area is 230 Å². The lowest BCUT2D eigenvalue weighted by Crippen LogP contribution is -2.40. The zero-order chi connectivity index (χ0) is 26.7. The number of aliphatic hydroxyl groups excluding tert-OH is 1. The summed E-state index contributed by atoms with van der Waals surface area (Å²) in [5.74, 6) is -0.422. The number of hydrogen-bond donors (Lipinski definition) is 4. The minimum Gasteiger partial charge on any atom is -0.510 e. The van der Waals surface area contributed by atoms with Gasteiger partial charge >= 0.3 is 0 Å². The van der Waals surface area contributed by atoms with Gasteiger partial charge in [0, 0.05) is 48.6 Å². The van der Waals surface area contributed by atoms with Crippen LogP contribution in [0.25, 0.3) is 5.57 Å². The summed E-state index contributed by atoms with van der Waals surface area (Å²) in [4.78, 5) is 6.86. The van der Waals surface area contributed by atoms with Crippen LogP contribution in [0, 0.1) is 0 Å². The van der Waals surface area contributed by atoms with Gasteiger partial charge < -0.3 is 20.7 Å². The summed E-state index contributed by atoms with van der Waals surface area (Å²) in [5, 5.41) is 20.0. The molecule has 9 heteroatoms. The highest BCUT2D eigenvalue weighted by Crippen LogP contribution is 2.30. The Kier molecular flexibility index (Phi) is 13.8. The van der Waals surface area contributed by atoms with E-state index in [1.807, 2.05) is 61.5 Å². The van der Waals surface area contributed by atoms with Gasteiger partial charge in [-0.1, -0.05) is 43.8 Å². The molecule has 0 bridgehead atoms. The Morgan fingerprint density at radius 3 is 2.51 bits per heavy atom. The first kappa shape index (κ1) is 32.6. The van der Waals surface area contributed by atoms with Crippen LogP contribution < -0.4 is 10.5 Å². The molecule has 3 rings (SSSR count). The molecule has 0 unspecified atom stereocenters. The molecule has 0 fully saturated rings. The SMILES string of the molecule is C.CS.[B]C([B])Oc1cc(/C(=C/N)C(C)=Nc2ccccc2)ccc1CN1CCC=C([C@](C)(O)CO)C1. The van der Waals surface area contributed by atoms with Crippen molar-refractivity contribution in [2.75, 3.05) is 26.0 Å². The predicted molar refractivity (Wildman–Crippen MR) is 161 cm³/mol. The average molecular weight is 519 g/mol. The number of aliphatic hydroxyl groups is 2. The van der Waals surface area contributed by atoms with E-state index in [0.29, 0.717) is 18.8 Å². The molecule has 0 amide bonds. The molecule has 1 heterocycles. The van der Waals surface area contributed by atoms with Crippen LogP contribution >= 0.6 is 12.6 Å². The summed E-state index contributed by atoms with van der Waals surface area (Å²) in [7, 11) is 11.5. The first-order valence-electron chi connectivity index (χ1n) is 11.8. The van der Waals surface area contributed by atoms with Crippen molar-refractivity contribution in [2.45, 2.75) is 45.7 Å². The number of nitrogens with zero attached hydrogens (tertiary/aromatic N) is 2. The second-order valence-electron chi connectivity index (χ2n) is 8.68. The second kappa shape index (κ2) is 15.7. The number of benzene rings is 2. The molecule has 6 nitrogen and oxygen atoms in total. The molecule has 196 valence electrons. The van der Waals surface area contributed by atoms with Crippen LogP contribution in [0.4, 0.5) is 5.69 Å². The minimum atomic E-state index is -1.24. The first-order chi connectivity index (χ1) is 17.2. The zero-order valence-electron chi connectivity index (χ0n) is 21.3. The Hall–Kier alpha value is -2.45. The number of thiol groups is 1. The Balaban J connectivity index is 0.00000223. The Morgan fingerprint density at radius 1 is 1.24 bits per heavy atom. The summed E-state index contributed by atoms with van der Waals surface area (Å²) in [6.07, 6.45) is 6.00. The third-order valence-corrected chi connectivity index (χ3v) is 5.87. The summed E-state index contributed by atoms with van der Waals surface area (Å²) in [5.41, 5.74) is 9.65. The third kappa shape index (κ3) is 9.42. The number of ether oxygens (including phenoxy) is 1. The first-order valence-corrected chi connectivity index (χ1v) is 12.7. The topological polar surface area (TPSA) is 91.3 Å². The molecule has 2 aromatic rings. The molecule has 2 aromatic carbocycles. The van der Waals surface area contributed by atoms with Gasteiger partial charge in [0.15, 0.2) is 0 Å². The second-order valence-corrected chi connectivity index (χ2v) is 8.68. The van der Waals surface area contributed by atoms with Crippen LogP contribution in [0.1, 0.15) is 38.8 Å². The van der Waals surface area contributed by atoms with E-state index in [1.165, 1.54) is 6.20 Å². The number of nitrogens with two attached hydrogens (primary N) is 1. The largest absolute Gasteiger partial charge is 0.510 e. The molecule has 1 aliphatic rings. The van der Waals surface area contributed by atoms with Crippen LogP contribution in [-0.4, -0.2) is 74.0 Å². The van der Waals surface area contributed by atoms with Crippen molar-refractivity contribution >= 4 is 45.3 Å². The van der Waals surface area contributed by atoms with Crippen LogP contribution in [0.15, 0.2) is 71.4 Å². The fourth-order valence-corrected chi connectivity index (χ4v) is 3.96. The number of hydrogen-bond acceptors (Lipinski definition) is 7. The lowest BCUT2D eigenvalue weighted by atomic mass is 9.82. The zero-order valence-corrected chi connectivity index (χ0v) is 22.2. The molecule has 1 aliphatic heterocycles. The monoisotopic (exact) mass is 519 g/mol. The highest BCUT2D eigenvalue weighted by Gasteiger charge is 2.28. The van der Waals surface area contributed by atoms with E-state index in [2.05, 4.69) is 22.5 Å². The van der Waals surface area contributed by atoms with Crippen LogP contribution in [0.5, 0.6) is 5.75 Å². The summed E-state index contributed by atoms with van der Waals surface area (Å²) < 4.78 is 5.75. The van der Waals surface area contributed by atoms with Crippen molar-refractivity contribution < 1.29 is 14.9 Å². The van der Waals surface area contributed by atoms with Gasteiger partial charge in [-0.2, -0.15) is 12.6 Å². The molecule has 0 saturated carbocycles. The minimum absolute atomic E-state index is 0. The predicted octanol–water partition coefficient (Wildman–Crippen LogP) is 3.84. The molecular formula is C28H39B2N3O3S. The highest BCUT2D eigenvalue weighted by atomic mass is 32.1. The number of allylic oxidation sites excluding steroid dienone is 1. The van der Waals surface area contributed by atoms with E-state index in [1.54, 1.807) is 13.2 Å². The molecule has 0 aliphatic carbocycles. The molecule has 4 radical (unpaired) electrons. The lowest BCUT2D eigenvalue weighted by Gasteiger charge is -2.34. The van der Waals surface area contributed by atoms with E-state index in [9.17, 15) is 10.2 Å². The average Bonchev–Trinajstić information content (AvgIpc) is 2.87. The molecule has 0 saturated heterocycles. The third-order valence-electron chi connectivity index (χ3n) is 5.87. The Bertz CT molecular complexity index is 1070. The summed E-state index contributed by atoms with van der Waals surface area (Å²) >= 11 is 3.53. The van der Waals surface area contributed by atoms with Crippen LogP contribution in [0.3, 0.4) is 0 Å². The standard InChI is InChI=1S/C26H31B2N3O3.CH4S.CH4/c1-18(30-22-8-4-3-5-9-22)23(14-29)19-10-11-20(24(13-19)34-25(27)28)15-31-12-6-7-21(16-31)26(2,33)17-32;1-2;/h3-5,7-11,13-14,25,32-33H,6,12,15-17,29H2,1-2H3;2H,1H3;1H4/b23-14+,30-18?;;/t26-;;/m1../s1. The fourth-order valence-electron chi connectivity index (χ4n) is 3.96. The summed E-state index contributed by atoms with van der Waals surface area (Å²) in [6.45, 7) is 5.14. The van der Waals surface area contributed by atoms with Gasteiger partial charge in [-0.05, 0) is 55.9 Å². The lowest BCUT2D eigenvalue weighted by molar-refractivity contribution is 0.0247. The van der Waals surface area contributed by atoms with Crippen molar-refractivity contribution in [3.63, 3.8) is 0 Å². The molecule has 37 heavy (non-hydrogen) atoms. The van der Waals surface area contributed by atoms with Crippen molar-refractivity contribution in [3.05, 3.63) is 77.5 Å². The molecule has 0 spiro atoms. The number of aliphatic imine (C=N–C) groups is 1. The van der Waals surface area contributed by atoms with Crippen molar-refractivity contribution in [1.82, 2.24) is 4.90 Å². The van der Waals surface area contributed by atoms with Crippen LogP contribution in [-0.2, 0) is 6.54 Å². The van der Waals surface area contributed by atoms with Gasteiger partial charge in [0.2, 0.25) is 0 Å². The fraction of sp³-hybridized carbons (Fsp3) is 0.393. The van der Waals surface area contributed by atoms with Gasteiger partial charge in [0.1, 0.15) is 27.0 Å². The van der Waals surface area contributed by atoms with Crippen molar-refractivity contribution in [3.8, 4) is 5.75 Å². The van der Waals surface area contributed by atoms with Gasteiger partial charge in [0.25, 0.3) is 0 Å². The maximum Gasteiger partial charge on any atom is 0.122 e. The van der Waals surface area contributed by atoms with Gasteiger partial charge in [-0.3, -0.25) is 9.89 Å².